The molecule has 0 radical (unpaired) electrons. The number of ether oxygens (including phenoxy) is 1. The van der Waals surface area contributed by atoms with Crippen molar-refractivity contribution in [1.29, 1.82) is 0 Å². The fourth-order valence-corrected chi connectivity index (χ4v) is 4.20. The Morgan fingerprint density at radius 3 is 2.57 bits per heavy atom. The van der Waals surface area contributed by atoms with E-state index in [1.165, 1.54) is 12.1 Å². The molecule has 8 heteroatoms. The molecule has 0 spiro atoms. The SMILES string of the molecule is CCCN(CC(=O)OCC)S(=O)(=O)c1ccc(Br)cc1Cl. The summed E-state index contributed by atoms with van der Waals surface area (Å²) in [5.74, 6) is -0.581. The minimum absolute atomic E-state index is 0.0230. The van der Waals surface area contributed by atoms with E-state index in [9.17, 15) is 13.2 Å². The lowest BCUT2D eigenvalue weighted by atomic mass is 10.4. The summed E-state index contributed by atoms with van der Waals surface area (Å²) in [6.07, 6.45) is 0.576. The third-order valence-electron chi connectivity index (χ3n) is 2.60. The molecule has 0 amide bonds. The molecule has 1 aromatic carbocycles. The molecule has 0 fully saturated rings. The second-order valence-corrected chi connectivity index (χ2v) is 7.45. The lowest BCUT2D eigenvalue weighted by Gasteiger charge is -2.21. The first-order chi connectivity index (χ1) is 9.82. The number of benzene rings is 1. The van der Waals surface area contributed by atoms with Gasteiger partial charge < -0.3 is 4.74 Å². The van der Waals surface area contributed by atoms with Crippen LogP contribution in [0.15, 0.2) is 27.6 Å². The summed E-state index contributed by atoms with van der Waals surface area (Å²) in [7, 11) is -3.84. The van der Waals surface area contributed by atoms with E-state index in [2.05, 4.69) is 15.9 Å². The molecule has 0 bridgehead atoms. The second kappa shape index (κ2) is 8.12. The van der Waals surface area contributed by atoms with Gasteiger partial charge in [0.15, 0.2) is 0 Å². The molecule has 0 aliphatic rings. The molecule has 0 unspecified atom stereocenters. The van der Waals surface area contributed by atoms with E-state index in [0.29, 0.717) is 10.9 Å². The summed E-state index contributed by atoms with van der Waals surface area (Å²) in [5.41, 5.74) is 0. The van der Waals surface area contributed by atoms with Crippen LogP contribution in [0.5, 0.6) is 0 Å². The number of hydrogen-bond acceptors (Lipinski definition) is 4. The van der Waals surface area contributed by atoms with Gasteiger partial charge in [0, 0.05) is 11.0 Å². The molecule has 0 aliphatic carbocycles. The highest BCUT2D eigenvalue weighted by Crippen LogP contribution is 2.27. The Hall–Kier alpha value is -0.630. The smallest absolute Gasteiger partial charge is 0.321 e. The van der Waals surface area contributed by atoms with E-state index in [-0.39, 0.29) is 29.6 Å². The van der Waals surface area contributed by atoms with Crippen molar-refractivity contribution in [2.45, 2.75) is 25.2 Å². The average Bonchev–Trinajstić information content (AvgIpc) is 2.38. The molecular formula is C13H17BrClNO4S. The van der Waals surface area contributed by atoms with Crippen molar-refractivity contribution in [2.24, 2.45) is 0 Å². The fourth-order valence-electron chi connectivity index (χ4n) is 1.71. The Kier molecular flexibility index (Phi) is 7.12. The number of carbonyl (C=O) groups is 1. The fraction of sp³-hybridized carbons (Fsp3) is 0.462. The number of nitrogens with zero attached hydrogens (tertiary/aromatic N) is 1. The molecule has 21 heavy (non-hydrogen) atoms. The highest BCUT2D eigenvalue weighted by atomic mass is 79.9. The molecule has 0 atom stereocenters. The van der Waals surface area contributed by atoms with E-state index < -0.39 is 16.0 Å². The maximum Gasteiger partial charge on any atom is 0.321 e. The maximum absolute atomic E-state index is 12.6. The van der Waals surface area contributed by atoms with Crippen LogP contribution in [0.3, 0.4) is 0 Å². The van der Waals surface area contributed by atoms with Gasteiger partial charge in [-0.1, -0.05) is 34.5 Å². The predicted molar refractivity (Wildman–Crippen MR) is 84.8 cm³/mol. The van der Waals surface area contributed by atoms with Gasteiger partial charge in [0.05, 0.1) is 11.6 Å². The van der Waals surface area contributed by atoms with Gasteiger partial charge in [0.1, 0.15) is 11.4 Å². The van der Waals surface area contributed by atoms with E-state index >= 15 is 0 Å². The first-order valence-corrected chi connectivity index (χ1v) is 9.04. The standard InChI is InChI=1S/C13H17BrClNO4S/c1-3-7-16(9-13(17)20-4-2)21(18,19)12-6-5-10(14)8-11(12)15/h5-6,8H,3-4,7,9H2,1-2H3. The third-order valence-corrected chi connectivity index (χ3v) is 5.42. The quantitative estimate of drug-likeness (QED) is 0.662. The zero-order chi connectivity index (χ0) is 16.0. The van der Waals surface area contributed by atoms with Crippen LogP contribution in [-0.4, -0.2) is 38.4 Å². The van der Waals surface area contributed by atoms with Crippen LogP contribution in [0.4, 0.5) is 0 Å². The molecule has 5 nitrogen and oxygen atoms in total. The summed E-state index contributed by atoms with van der Waals surface area (Å²) in [5, 5.41) is 0.106. The monoisotopic (exact) mass is 397 g/mol. The molecule has 0 aliphatic heterocycles. The van der Waals surface area contributed by atoms with Crippen LogP contribution in [0.1, 0.15) is 20.3 Å². The van der Waals surface area contributed by atoms with Crippen molar-refractivity contribution in [2.75, 3.05) is 19.7 Å². The van der Waals surface area contributed by atoms with Crippen molar-refractivity contribution in [3.05, 3.63) is 27.7 Å². The van der Waals surface area contributed by atoms with Crippen molar-refractivity contribution in [3.8, 4) is 0 Å². The molecule has 0 saturated heterocycles. The minimum Gasteiger partial charge on any atom is -0.465 e. The van der Waals surface area contributed by atoms with Gasteiger partial charge in [-0.05, 0) is 31.5 Å². The van der Waals surface area contributed by atoms with Crippen molar-refractivity contribution in [1.82, 2.24) is 4.31 Å². The third kappa shape index (κ3) is 4.95. The van der Waals surface area contributed by atoms with E-state index in [1.54, 1.807) is 13.0 Å². The van der Waals surface area contributed by atoms with Crippen molar-refractivity contribution < 1.29 is 17.9 Å². The largest absolute Gasteiger partial charge is 0.465 e. The summed E-state index contributed by atoms with van der Waals surface area (Å²) < 4.78 is 31.8. The zero-order valence-corrected chi connectivity index (χ0v) is 15.0. The van der Waals surface area contributed by atoms with Crippen LogP contribution < -0.4 is 0 Å². The number of esters is 1. The van der Waals surface area contributed by atoms with Crippen LogP contribution >= 0.6 is 27.5 Å². The van der Waals surface area contributed by atoms with Gasteiger partial charge in [0.2, 0.25) is 10.0 Å². The lowest BCUT2D eigenvalue weighted by Crippen LogP contribution is -2.37. The molecule has 0 N–H and O–H groups in total. The normalized spacial score (nSPS) is 11.7. The molecule has 118 valence electrons. The van der Waals surface area contributed by atoms with E-state index in [4.69, 9.17) is 16.3 Å². The van der Waals surface area contributed by atoms with Crippen LogP contribution in [0.25, 0.3) is 0 Å². The molecule has 0 aromatic heterocycles. The number of carbonyl (C=O) groups excluding carboxylic acids is 1. The van der Waals surface area contributed by atoms with Crippen LogP contribution in [0.2, 0.25) is 5.02 Å². The summed E-state index contributed by atoms with van der Waals surface area (Å²) in [4.78, 5) is 11.6. The Morgan fingerprint density at radius 2 is 2.05 bits per heavy atom. The van der Waals surface area contributed by atoms with Crippen molar-refractivity contribution >= 4 is 43.5 Å². The minimum atomic E-state index is -3.84. The second-order valence-electron chi connectivity index (χ2n) is 4.22. The lowest BCUT2D eigenvalue weighted by molar-refractivity contribution is -0.143. The molecular weight excluding hydrogens is 382 g/mol. The Bertz CT molecular complexity index is 606. The Balaban J connectivity index is 3.12. The van der Waals surface area contributed by atoms with Gasteiger partial charge in [0.25, 0.3) is 0 Å². The molecule has 0 saturated carbocycles. The number of rotatable bonds is 7. The van der Waals surface area contributed by atoms with Crippen molar-refractivity contribution in [3.63, 3.8) is 0 Å². The summed E-state index contributed by atoms with van der Waals surface area (Å²) in [6.45, 7) is 3.60. The van der Waals surface area contributed by atoms with Crippen LogP contribution in [-0.2, 0) is 19.6 Å². The number of sulfonamides is 1. The maximum atomic E-state index is 12.6. The van der Waals surface area contributed by atoms with Gasteiger partial charge in [-0.2, -0.15) is 4.31 Å². The Labute approximate surface area is 138 Å². The Morgan fingerprint density at radius 1 is 1.38 bits per heavy atom. The zero-order valence-electron chi connectivity index (χ0n) is 11.8. The van der Waals surface area contributed by atoms with E-state index in [1.807, 2.05) is 6.92 Å². The number of halogens is 2. The molecule has 1 aromatic rings. The summed E-state index contributed by atoms with van der Waals surface area (Å²) in [6, 6.07) is 4.51. The number of hydrogen-bond donors (Lipinski definition) is 0. The predicted octanol–water partition coefficient (Wildman–Crippen LogP) is 3.07. The first kappa shape index (κ1) is 18.4. The summed E-state index contributed by atoms with van der Waals surface area (Å²) >= 11 is 9.23. The van der Waals surface area contributed by atoms with Gasteiger partial charge in [-0.25, -0.2) is 8.42 Å². The highest BCUT2D eigenvalue weighted by Gasteiger charge is 2.28. The van der Waals surface area contributed by atoms with Crippen LogP contribution in [0, 0.1) is 0 Å². The highest BCUT2D eigenvalue weighted by molar-refractivity contribution is 9.10. The van der Waals surface area contributed by atoms with Gasteiger partial charge in [-0.15, -0.1) is 0 Å². The van der Waals surface area contributed by atoms with Gasteiger partial charge in [-0.3, -0.25) is 4.79 Å². The first-order valence-electron chi connectivity index (χ1n) is 6.43. The molecule has 1 rings (SSSR count). The molecule has 0 heterocycles. The topological polar surface area (TPSA) is 63.7 Å². The van der Waals surface area contributed by atoms with Gasteiger partial charge >= 0.3 is 5.97 Å². The average molecular weight is 399 g/mol. The van der Waals surface area contributed by atoms with E-state index in [0.717, 1.165) is 4.31 Å².